The maximum Gasteiger partial charge on any atom is 0.406 e. The first-order valence-corrected chi connectivity index (χ1v) is 3.79. The van der Waals surface area contributed by atoms with Gasteiger partial charge in [-0.05, 0) is 0 Å². The molecule has 0 atom stereocenters. The summed E-state index contributed by atoms with van der Waals surface area (Å²) in [7, 11) is 0. The second kappa shape index (κ2) is 5.50. The summed E-state index contributed by atoms with van der Waals surface area (Å²) in [6, 6.07) is 0. The predicted molar refractivity (Wildman–Crippen MR) is 43.2 cm³/mol. The molecule has 0 radical (unpaired) electrons. The van der Waals surface area contributed by atoms with Crippen LogP contribution in [0.1, 0.15) is 6.42 Å². The molecule has 1 N–H and O–H groups in total. The van der Waals surface area contributed by atoms with Gasteiger partial charge < -0.3 is 10.0 Å². The van der Waals surface area contributed by atoms with Gasteiger partial charge in [0.05, 0.1) is 13.0 Å². The number of halogens is 3. The fraction of sp³-hybridized carbons (Fsp3) is 0.625. The Morgan fingerprint density at radius 1 is 1.50 bits per heavy atom. The summed E-state index contributed by atoms with van der Waals surface area (Å²) in [4.78, 5) is 11.5. The van der Waals surface area contributed by atoms with Crippen molar-refractivity contribution in [2.45, 2.75) is 12.6 Å². The predicted octanol–water partition coefficient (Wildman–Crippen LogP) is 0.393. The van der Waals surface area contributed by atoms with E-state index in [2.05, 4.69) is 0 Å². The lowest BCUT2D eigenvalue weighted by atomic mass is 10.3. The average Bonchev–Trinajstić information content (AvgIpc) is 2.01. The SMILES string of the molecule is C#CCC(=O)N(CCO)CC(F)(F)F. The highest BCUT2D eigenvalue weighted by atomic mass is 19.4. The first-order valence-electron chi connectivity index (χ1n) is 3.79. The third-order valence-corrected chi connectivity index (χ3v) is 1.35. The van der Waals surface area contributed by atoms with E-state index in [1.54, 1.807) is 0 Å². The van der Waals surface area contributed by atoms with Crippen LogP contribution in [-0.4, -0.2) is 41.8 Å². The Balaban J connectivity index is 4.30. The highest BCUT2D eigenvalue weighted by Gasteiger charge is 2.32. The van der Waals surface area contributed by atoms with Crippen LogP contribution < -0.4 is 0 Å². The molecule has 3 nitrogen and oxygen atoms in total. The minimum atomic E-state index is -4.47. The zero-order chi connectivity index (χ0) is 11.2. The summed E-state index contributed by atoms with van der Waals surface area (Å²) >= 11 is 0. The first-order chi connectivity index (χ1) is 6.40. The van der Waals surface area contributed by atoms with E-state index >= 15 is 0 Å². The van der Waals surface area contributed by atoms with Crippen LogP contribution in [0.15, 0.2) is 0 Å². The number of terminal acetylenes is 1. The number of carbonyl (C=O) groups is 1. The summed E-state index contributed by atoms with van der Waals surface area (Å²) < 4.78 is 35.7. The minimum absolute atomic E-state index is 0.361. The Kier molecular flexibility index (Phi) is 5.02. The third kappa shape index (κ3) is 5.43. The van der Waals surface area contributed by atoms with Crippen molar-refractivity contribution in [3.05, 3.63) is 0 Å². The molecule has 0 saturated carbocycles. The highest BCUT2D eigenvalue weighted by Crippen LogP contribution is 2.16. The van der Waals surface area contributed by atoms with E-state index in [9.17, 15) is 18.0 Å². The fourth-order valence-corrected chi connectivity index (χ4v) is 0.828. The first kappa shape index (κ1) is 12.8. The average molecular weight is 209 g/mol. The zero-order valence-corrected chi connectivity index (χ0v) is 7.34. The normalized spacial score (nSPS) is 10.8. The molecule has 80 valence electrons. The van der Waals surface area contributed by atoms with Crippen LogP contribution in [0.4, 0.5) is 13.2 Å². The molecule has 0 unspecified atom stereocenters. The molecule has 0 fully saturated rings. The number of aliphatic hydroxyl groups excluding tert-OH is 1. The number of hydrogen-bond donors (Lipinski definition) is 1. The molecule has 0 aromatic carbocycles. The van der Waals surface area contributed by atoms with Gasteiger partial charge in [-0.1, -0.05) is 5.92 Å². The summed E-state index contributed by atoms with van der Waals surface area (Å²) in [5, 5.41) is 8.44. The van der Waals surface area contributed by atoms with Gasteiger partial charge in [0, 0.05) is 6.54 Å². The van der Waals surface area contributed by atoms with Crippen LogP contribution in [0.2, 0.25) is 0 Å². The second-order valence-corrected chi connectivity index (χ2v) is 2.53. The molecular weight excluding hydrogens is 199 g/mol. The van der Waals surface area contributed by atoms with E-state index in [0.717, 1.165) is 0 Å². The molecule has 0 bridgehead atoms. The molecule has 0 rings (SSSR count). The van der Waals surface area contributed by atoms with Gasteiger partial charge in [0.2, 0.25) is 5.91 Å². The van der Waals surface area contributed by atoms with Crippen molar-refractivity contribution in [2.75, 3.05) is 19.7 Å². The van der Waals surface area contributed by atoms with E-state index in [4.69, 9.17) is 11.5 Å². The van der Waals surface area contributed by atoms with Crippen molar-refractivity contribution in [3.8, 4) is 12.3 Å². The lowest BCUT2D eigenvalue weighted by Gasteiger charge is -2.22. The summed E-state index contributed by atoms with van der Waals surface area (Å²) in [6.45, 7) is -2.26. The summed E-state index contributed by atoms with van der Waals surface area (Å²) in [5.41, 5.74) is 0. The number of rotatable bonds is 4. The largest absolute Gasteiger partial charge is 0.406 e. The molecular formula is C8H10F3NO2. The Hall–Kier alpha value is -1.22. The van der Waals surface area contributed by atoms with Crippen LogP contribution in [0.25, 0.3) is 0 Å². The number of carbonyl (C=O) groups excluding carboxylic acids is 1. The molecule has 0 spiro atoms. The number of alkyl halides is 3. The van der Waals surface area contributed by atoms with Gasteiger partial charge in [-0.25, -0.2) is 0 Å². The van der Waals surface area contributed by atoms with Gasteiger partial charge in [-0.2, -0.15) is 13.2 Å². The van der Waals surface area contributed by atoms with Crippen molar-refractivity contribution in [2.24, 2.45) is 0 Å². The fourth-order valence-electron chi connectivity index (χ4n) is 0.828. The van der Waals surface area contributed by atoms with Crippen molar-refractivity contribution in [3.63, 3.8) is 0 Å². The molecule has 0 saturated heterocycles. The smallest absolute Gasteiger partial charge is 0.395 e. The zero-order valence-electron chi connectivity index (χ0n) is 7.34. The quantitative estimate of drug-likeness (QED) is 0.680. The molecule has 0 heterocycles. The Bertz CT molecular complexity index is 232. The number of hydrogen-bond acceptors (Lipinski definition) is 2. The molecule has 6 heteroatoms. The number of nitrogens with zero attached hydrogens (tertiary/aromatic N) is 1. The van der Waals surface area contributed by atoms with E-state index in [0.29, 0.717) is 4.90 Å². The van der Waals surface area contributed by atoms with Gasteiger partial charge in [0.1, 0.15) is 6.54 Å². The number of amides is 1. The van der Waals surface area contributed by atoms with Crippen LogP contribution in [-0.2, 0) is 4.79 Å². The molecule has 0 aromatic rings. The standard InChI is InChI=1S/C8H10F3NO2/c1-2-3-7(14)12(4-5-13)6-8(9,10)11/h1,13H,3-6H2. The van der Waals surface area contributed by atoms with Gasteiger partial charge >= 0.3 is 6.18 Å². The van der Waals surface area contributed by atoms with E-state index in [1.165, 1.54) is 0 Å². The van der Waals surface area contributed by atoms with E-state index < -0.39 is 31.7 Å². The molecule has 0 aliphatic heterocycles. The third-order valence-electron chi connectivity index (χ3n) is 1.35. The van der Waals surface area contributed by atoms with Crippen molar-refractivity contribution in [1.82, 2.24) is 4.90 Å². The molecule has 0 aliphatic rings. The van der Waals surface area contributed by atoms with Gasteiger partial charge in [0.25, 0.3) is 0 Å². The van der Waals surface area contributed by atoms with Crippen molar-refractivity contribution in [1.29, 1.82) is 0 Å². The summed E-state index contributed by atoms with van der Waals surface area (Å²) in [5.74, 6) is 1.15. The van der Waals surface area contributed by atoms with Crippen LogP contribution in [0.5, 0.6) is 0 Å². The van der Waals surface area contributed by atoms with Crippen molar-refractivity contribution >= 4 is 5.91 Å². The highest BCUT2D eigenvalue weighted by molar-refractivity contribution is 5.78. The monoisotopic (exact) mass is 209 g/mol. The van der Waals surface area contributed by atoms with Gasteiger partial charge in [-0.3, -0.25) is 4.79 Å². The Labute approximate surface area is 79.5 Å². The summed E-state index contributed by atoms with van der Waals surface area (Å²) in [6.07, 6.45) is -0.0797. The second-order valence-electron chi connectivity index (χ2n) is 2.53. The van der Waals surface area contributed by atoms with Crippen LogP contribution >= 0.6 is 0 Å². The van der Waals surface area contributed by atoms with Crippen LogP contribution in [0.3, 0.4) is 0 Å². The molecule has 14 heavy (non-hydrogen) atoms. The van der Waals surface area contributed by atoms with Gasteiger partial charge in [0.15, 0.2) is 0 Å². The van der Waals surface area contributed by atoms with E-state index in [1.807, 2.05) is 5.92 Å². The van der Waals surface area contributed by atoms with E-state index in [-0.39, 0.29) is 6.54 Å². The Morgan fingerprint density at radius 2 is 2.07 bits per heavy atom. The minimum Gasteiger partial charge on any atom is -0.395 e. The van der Waals surface area contributed by atoms with Crippen LogP contribution in [0, 0.1) is 12.3 Å². The van der Waals surface area contributed by atoms with Gasteiger partial charge in [-0.15, -0.1) is 6.42 Å². The Morgan fingerprint density at radius 3 is 2.43 bits per heavy atom. The molecule has 1 amide bonds. The maximum atomic E-state index is 11.9. The topological polar surface area (TPSA) is 40.5 Å². The maximum absolute atomic E-state index is 11.9. The molecule has 0 aliphatic carbocycles. The lowest BCUT2D eigenvalue weighted by molar-refractivity contribution is -0.161. The van der Waals surface area contributed by atoms with Crippen molar-refractivity contribution < 1.29 is 23.1 Å². The molecule has 0 aromatic heterocycles. The number of aliphatic hydroxyl groups is 1. The lowest BCUT2D eigenvalue weighted by Crippen LogP contribution is -2.40.